The van der Waals surface area contributed by atoms with Gasteiger partial charge in [0, 0.05) is 43.9 Å². The largest absolute Gasteiger partial charge is 0.573 e. The number of benzene rings is 4. The number of hydrogen-bond donors (Lipinski definition) is 1. The molecule has 2 aliphatic heterocycles. The van der Waals surface area contributed by atoms with Crippen LogP contribution in [-0.4, -0.2) is 34.3 Å². The van der Waals surface area contributed by atoms with Gasteiger partial charge in [0.1, 0.15) is 11.5 Å². The van der Waals surface area contributed by atoms with E-state index in [2.05, 4.69) is 14.3 Å². The van der Waals surface area contributed by atoms with Crippen LogP contribution < -0.4 is 15.2 Å². The summed E-state index contributed by atoms with van der Waals surface area (Å²) in [6.07, 6.45) is -9.45. The minimum Gasteiger partial charge on any atom is -0.406 e. The first-order valence-corrected chi connectivity index (χ1v) is 15.1. The van der Waals surface area contributed by atoms with Crippen LogP contribution in [0.4, 0.5) is 32.0 Å². The minimum atomic E-state index is -4.73. The van der Waals surface area contributed by atoms with Crippen molar-refractivity contribution in [2.75, 3.05) is 0 Å². The molecule has 0 bridgehead atoms. The van der Waals surface area contributed by atoms with Crippen molar-refractivity contribution in [3.63, 3.8) is 0 Å². The predicted molar refractivity (Wildman–Crippen MR) is 170 cm³/mol. The Morgan fingerprint density at radius 3 is 1.50 bits per heavy atom. The number of fused-ring (bicyclic) bond motifs is 2. The van der Waals surface area contributed by atoms with E-state index in [9.17, 15) is 35.9 Å². The van der Waals surface area contributed by atoms with E-state index in [1.165, 1.54) is 48.5 Å². The Bertz CT molecular complexity index is 1950. The second-order valence-electron chi connectivity index (χ2n) is 11.8. The van der Waals surface area contributed by atoms with Crippen molar-refractivity contribution in [1.29, 1.82) is 0 Å². The first-order chi connectivity index (χ1) is 23.5. The summed E-state index contributed by atoms with van der Waals surface area (Å²) in [6, 6.07) is 18.2. The molecule has 0 aromatic heterocycles. The summed E-state index contributed by atoms with van der Waals surface area (Å²) in [4.78, 5) is 31.8. The summed E-state index contributed by atoms with van der Waals surface area (Å²) >= 11 is 0. The number of amides is 2. The highest BCUT2D eigenvalue weighted by Crippen LogP contribution is 2.32. The molecular weight excluding hydrogens is 666 g/mol. The average Bonchev–Trinajstić information content (AvgIpc) is 3.52. The molecule has 0 radical (unpaired) electrons. The normalized spacial score (nSPS) is 13.8. The average molecular weight is 697 g/mol. The van der Waals surface area contributed by atoms with E-state index in [4.69, 9.17) is 12.3 Å². The topological polar surface area (TPSA) is 89.5 Å². The fourth-order valence-electron chi connectivity index (χ4n) is 5.98. The number of ether oxygens (including phenoxy) is 2. The molecule has 0 atom stereocenters. The number of nitrogens with zero attached hydrogens (tertiary/aromatic N) is 3. The van der Waals surface area contributed by atoms with E-state index >= 15 is 0 Å². The van der Waals surface area contributed by atoms with Crippen molar-refractivity contribution in [3.05, 3.63) is 134 Å². The number of carbonyl (C=O) groups is 2. The molecule has 0 saturated heterocycles. The SMILES string of the molecule is Cc1cc(CN)cc2c1C(=O)N(Cc1ccc(OC(F)(F)F)cc1)C2.[C-]#[N+]c1cc(C)c2c(c1)CN(Cc1ccc(OC(F)(F)F)cc1)C2=O. The number of rotatable bonds is 7. The lowest BCUT2D eigenvalue weighted by Gasteiger charge is -2.16. The van der Waals surface area contributed by atoms with E-state index in [0.29, 0.717) is 48.6 Å². The third-order valence-corrected chi connectivity index (χ3v) is 8.03. The van der Waals surface area contributed by atoms with Gasteiger partial charge in [-0.1, -0.05) is 48.5 Å². The molecule has 260 valence electrons. The molecule has 8 nitrogen and oxygen atoms in total. The van der Waals surface area contributed by atoms with Gasteiger partial charge in [-0.15, -0.1) is 26.3 Å². The zero-order valence-electron chi connectivity index (χ0n) is 26.8. The Morgan fingerprint density at radius 1 is 0.680 bits per heavy atom. The Kier molecular flexibility index (Phi) is 10.1. The van der Waals surface area contributed by atoms with Crippen molar-refractivity contribution in [2.24, 2.45) is 5.73 Å². The summed E-state index contributed by atoms with van der Waals surface area (Å²) in [5.41, 5.74) is 13.2. The summed E-state index contributed by atoms with van der Waals surface area (Å²) in [7, 11) is 0. The van der Waals surface area contributed by atoms with Gasteiger partial charge >= 0.3 is 12.7 Å². The minimum absolute atomic E-state index is 0.0771. The van der Waals surface area contributed by atoms with Crippen LogP contribution >= 0.6 is 0 Å². The van der Waals surface area contributed by atoms with Gasteiger partial charge in [0.2, 0.25) is 0 Å². The highest BCUT2D eigenvalue weighted by molar-refractivity contribution is 6.00. The summed E-state index contributed by atoms with van der Waals surface area (Å²) < 4.78 is 80.8. The van der Waals surface area contributed by atoms with Crippen LogP contribution in [-0.2, 0) is 32.7 Å². The molecule has 2 heterocycles. The Hall–Kier alpha value is -5.55. The standard InChI is InChI=1S/C18H13F3N2O2.C18H17F3N2O2/c1-11-7-14(22-2)8-13-10-23(17(24)16(11)13)9-12-3-5-15(6-4-12)25-18(19,20)21;1-11-6-13(8-22)7-14-10-23(17(24)16(11)14)9-12-2-4-15(5-3-12)25-18(19,20)21/h3-8H,9-10H2,1H3;2-7H,8-10,22H2,1H3. The van der Waals surface area contributed by atoms with E-state index < -0.39 is 12.7 Å². The van der Waals surface area contributed by atoms with Crippen LogP contribution in [0.5, 0.6) is 11.5 Å². The molecule has 2 N–H and O–H groups in total. The maximum Gasteiger partial charge on any atom is 0.573 e. The predicted octanol–water partition coefficient (Wildman–Crippen LogP) is 8.11. The summed E-state index contributed by atoms with van der Waals surface area (Å²) in [5.74, 6) is -0.799. The molecule has 4 aromatic carbocycles. The second-order valence-corrected chi connectivity index (χ2v) is 11.8. The van der Waals surface area contributed by atoms with Crippen LogP contribution in [0.2, 0.25) is 0 Å². The fourth-order valence-corrected chi connectivity index (χ4v) is 5.98. The number of hydrogen-bond acceptors (Lipinski definition) is 5. The fraction of sp³-hybridized carbons (Fsp3) is 0.250. The molecule has 2 amide bonds. The quantitative estimate of drug-likeness (QED) is 0.156. The summed E-state index contributed by atoms with van der Waals surface area (Å²) in [6.45, 7) is 12.6. The molecule has 0 spiro atoms. The molecule has 0 aliphatic carbocycles. The monoisotopic (exact) mass is 696 g/mol. The Balaban J connectivity index is 0.000000194. The summed E-state index contributed by atoms with van der Waals surface area (Å²) in [5, 5.41) is 0. The maximum atomic E-state index is 12.6. The van der Waals surface area contributed by atoms with E-state index in [1.54, 1.807) is 28.9 Å². The lowest BCUT2D eigenvalue weighted by molar-refractivity contribution is -0.275. The molecule has 4 aromatic rings. The third-order valence-electron chi connectivity index (χ3n) is 8.03. The molecular formula is C36H30F6N4O4. The maximum absolute atomic E-state index is 12.6. The number of aryl methyl sites for hydroxylation is 2. The lowest BCUT2D eigenvalue weighted by atomic mass is 10.0. The van der Waals surface area contributed by atoms with Crippen LogP contribution in [0.15, 0.2) is 72.8 Å². The zero-order chi connectivity index (χ0) is 36.4. The van der Waals surface area contributed by atoms with Gasteiger partial charge in [0.25, 0.3) is 11.8 Å². The molecule has 0 saturated carbocycles. The van der Waals surface area contributed by atoms with Gasteiger partial charge in [-0.3, -0.25) is 9.59 Å². The first-order valence-electron chi connectivity index (χ1n) is 15.1. The van der Waals surface area contributed by atoms with E-state index in [-0.39, 0.29) is 29.9 Å². The second kappa shape index (κ2) is 14.1. The van der Waals surface area contributed by atoms with Crippen molar-refractivity contribution in [2.45, 2.75) is 59.3 Å². The zero-order valence-corrected chi connectivity index (χ0v) is 26.8. The highest BCUT2D eigenvalue weighted by Gasteiger charge is 2.33. The van der Waals surface area contributed by atoms with Gasteiger partial charge in [-0.25, -0.2) is 4.85 Å². The van der Waals surface area contributed by atoms with E-state index in [1.807, 2.05) is 19.1 Å². The third kappa shape index (κ3) is 8.53. The Labute approximate surface area is 283 Å². The van der Waals surface area contributed by atoms with Crippen LogP contribution in [0.1, 0.15) is 59.7 Å². The number of alkyl halides is 6. The molecule has 14 heteroatoms. The number of halogens is 6. The number of carbonyl (C=O) groups excluding carboxylic acids is 2. The van der Waals surface area contributed by atoms with Crippen LogP contribution in [0.3, 0.4) is 0 Å². The molecule has 2 aliphatic rings. The van der Waals surface area contributed by atoms with E-state index in [0.717, 1.165) is 33.4 Å². The Morgan fingerprint density at radius 2 is 1.10 bits per heavy atom. The van der Waals surface area contributed by atoms with Crippen molar-refractivity contribution < 1.29 is 45.4 Å². The van der Waals surface area contributed by atoms with Gasteiger partial charge < -0.3 is 25.0 Å². The van der Waals surface area contributed by atoms with Crippen molar-refractivity contribution in [3.8, 4) is 11.5 Å². The van der Waals surface area contributed by atoms with Crippen LogP contribution in [0.25, 0.3) is 4.85 Å². The van der Waals surface area contributed by atoms with Gasteiger partial charge in [-0.2, -0.15) is 0 Å². The van der Waals surface area contributed by atoms with Crippen LogP contribution in [0, 0.1) is 20.4 Å². The lowest BCUT2D eigenvalue weighted by Crippen LogP contribution is -2.23. The van der Waals surface area contributed by atoms with Gasteiger partial charge in [-0.05, 0) is 77.1 Å². The molecule has 6 rings (SSSR count). The number of nitrogens with two attached hydrogens (primary N) is 1. The van der Waals surface area contributed by atoms with Gasteiger partial charge in [0.05, 0.1) is 6.57 Å². The van der Waals surface area contributed by atoms with Crippen molar-refractivity contribution in [1.82, 2.24) is 9.80 Å². The molecule has 50 heavy (non-hydrogen) atoms. The van der Waals surface area contributed by atoms with Gasteiger partial charge in [0.15, 0.2) is 5.69 Å². The molecule has 0 unspecified atom stereocenters. The van der Waals surface area contributed by atoms with Crippen molar-refractivity contribution >= 4 is 17.5 Å². The molecule has 0 fully saturated rings. The highest BCUT2D eigenvalue weighted by atomic mass is 19.4. The smallest absolute Gasteiger partial charge is 0.406 e. The first kappa shape index (κ1) is 35.7.